The second-order valence-electron chi connectivity index (χ2n) is 4.64. The third-order valence-electron chi connectivity index (χ3n) is 2.84. The van der Waals surface area contributed by atoms with E-state index < -0.39 is 5.54 Å². The predicted octanol–water partition coefficient (Wildman–Crippen LogP) is 1.10. The number of esters is 1. The Hall–Kier alpha value is -0.610. The predicted molar refractivity (Wildman–Crippen MR) is 57.7 cm³/mol. The number of hydrogen-bond acceptors (Lipinski definition) is 4. The zero-order valence-corrected chi connectivity index (χ0v) is 10.1. The van der Waals surface area contributed by atoms with Gasteiger partial charge >= 0.3 is 5.97 Å². The van der Waals surface area contributed by atoms with Gasteiger partial charge in [-0.1, -0.05) is 6.92 Å². The number of likely N-dealkylation sites (N-methyl/N-ethyl adjacent to an activating group) is 1. The van der Waals surface area contributed by atoms with Crippen molar-refractivity contribution in [3.8, 4) is 0 Å². The fourth-order valence-corrected chi connectivity index (χ4v) is 2.30. The van der Waals surface area contributed by atoms with E-state index in [0.717, 1.165) is 6.54 Å². The van der Waals surface area contributed by atoms with E-state index in [1.807, 2.05) is 20.8 Å². The van der Waals surface area contributed by atoms with Crippen molar-refractivity contribution in [2.45, 2.75) is 44.8 Å². The molecule has 88 valence electrons. The van der Waals surface area contributed by atoms with Gasteiger partial charge in [0.15, 0.2) is 0 Å². The van der Waals surface area contributed by atoms with Crippen molar-refractivity contribution in [1.82, 2.24) is 5.32 Å². The maximum Gasteiger partial charge on any atom is 0.326 e. The molecule has 1 fully saturated rings. The largest absolute Gasteiger partial charge is 0.468 e. The highest BCUT2D eigenvalue weighted by atomic mass is 16.5. The Morgan fingerprint density at radius 2 is 2.20 bits per heavy atom. The first-order valence-electron chi connectivity index (χ1n) is 5.43. The molecule has 0 aliphatic carbocycles. The molecule has 4 heteroatoms. The smallest absolute Gasteiger partial charge is 0.326 e. The molecule has 0 radical (unpaired) electrons. The van der Waals surface area contributed by atoms with E-state index in [-0.39, 0.29) is 11.6 Å². The molecule has 0 aromatic carbocycles. The van der Waals surface area contributed by atoms with Gasteiger partial charge in [-0.2, -0.15) is 0 Å². The summed E-state index contributed by atoms with van der Waals surface area (Å²) < 4.78 is 10.5. The van der Waals surface area contributed by atoms with Crippen LogP contribution in [0, 0.1) is 0 Å². The maximum atomic E-state index is 11.8. The Labute approximate surface area is 91.3 Å². The van der Waals surface area contributed by atoms with Crippen molar-refractivity contribution in [3.05, 3.63) is 0 Å². The van der Waals surface area contributed by atoms with Crippen LogP contribution in [0.15, 0.2) is 0 Å². The van der Waals surface area contributed by atoms with Crippen molar-refractivity contribution in [3.63, 3.8) is 0 Å². The summed E-state index contributed by atoms with van der Waals surface area (Å²) in [4.78, 5) is 11.8. The molecule has 1 N–H and O–H groups in total. The SMILES string of the molecule is CCNC1(C(=O)OC)CCOC(C)(C)C1. The summed E-state index contributed by atoms with van der Waals surface area (Å²) in [5.74, 6) is -0.180. The average molecular weight is 215 g/mol. The van der Waals surface area contributed by atoms with Crippen LogP contribution >= 0.6 is 0 Å². The molecule has 1 atom stereocenters. The molecule has 4 nitrogen and oxygen atoms in total. The molecule has 1 aliphatic heterocycles. The molecule has 0 amide bonds. The molecule has 1 saturated heterocycles. The van der Waals surface area contributed by atoms with E-state index in [1.54, 1.807) is 0 Å². The van der Waals surface area contributed by atoms with Crippen LogP contribution in [0.1, 0.15) is 33.6 Å². The normalized spacial score (nSPS) is 29.9. The highest BCUT2D eigenvalue weighted by Crippen LogP contribution is 2.32. The Morgan fingerprint density at radius 3 is 2.67 bits per heavy atom. The Kier molecular flexibility index (Phi) is 3.73. The zero-order valence-electron chi connectivity index (χ0n) is 10.1. The van der Waals surface area contributed by atoms with Crippen LogP contribution in [0.5, 0.6) is 0 Å². The summed E-state index contributed by atoms with van der Waals surface area (Å²) in [6.07, 6.45) is 1.33. The van der Waals surface area contributed by atoms with E-state index >= 15 is 0 Å². The molecular weight excluding hydrogens is 194 g/mol. The van der Waals surface area contributed by atoms with Crippen LogP contribution in [-0.2, 0) is 14.3 Å². The minimum Gasteiger partial charge on any atom is -0.468 e. The van der Waals surface area contributed by atoms with Crippen LogP contribution < -0.4 is 5.32 Å². The van der Waals surface area contributed by atoms with Crippen molar-refractivity contribution in [2.75, 3.05) is 20.3 Å². The summed E-state index contributed by atoms with van der Waals surface area (Å²) in [6, 6.07) is 0. The van der Waals surface area contributed by atoms with Gasteiger partial charge in [0.05, 0.1) is 12.7 Å². The van der Waals surface area contributed by atoms with E-state index in [9.17, 15) is 4.79 Å². The van der Waals surface area contributed by atoms with E-state index in [1.165, 1.54) is 7.11 Å². The van der Waals surface area contributed by atoms with Crippen molar-refractivity contribution < 1.29 is 14.3 Å². The lowest BCUT2D eigenvalue weighted by Crippen LogP contribution is -2.60. The molecule has 0 saturated carbocycles. The first-order chi connectivity index (χ1) is 6.96. The molecule has 0 aromatic heterocycles. The minimum atomic E-state index is -0.564. The number of ether oxygens (including phenoxy) is 2. The Morgan fingerprint density at radius 1 is 1.53 bits per heavy atom. The second-order valence-corrected chi connectivity index (χ2v) is 4.64. The number of methoxy groups -OCH3 is 1. The highest BCUT2D eigenvalue weighted by Gasteiger charge is 2.46. The van der Waals surface area contributed by atoms with E-state index in [0.29, 0.717) is 19.4 Å². The lowest BCUT2D eigenvalue weighted by atomic mass is 9.81. The first kappa shape index (κ1) is 12.5. The number of rotatable bonds is 3. The molecule has 0 bridgehead atoms. The Bertz CT molecular complexity index is 236. The van der Waals surface area contributed by atoms with Gasteiger partial charge < -0.3 is 14.8 Å². The summed E-state index contributed by atoms with van der Waals surface area (Å²) in [5.41, 5.74) is -0.833. The third-order valence-corrected chi connectivity index (χ3v) is 2.84. The molecule has 1 aliphatic rings. The van der Waals surface area contributed by atoms with Crippen LogP contribution in [0.3, 0.4) is 0 Å². The lowest BCUT2D eigenvalue weighted by Gasteiger charge is -2.43. The average Bonchev–Trinajstić information content (AvgIpc) is 2.15. The fourth-order valence-electron chi connectivity index (χ4n) is 2.30. The van der Waals surface area contributed by atoms with Crippen LogP contribution in [0.4, 0.5) is 0 Å². The van der Waals surface area contributed by atoms with E-state index in [4.69, 9.17) is 9.47 Å². The van der Waals surface area contributed by atoms with Crippen molar-refractivity contribution in [2.24, 2.45) is 0 Å². The molecule has 1 heterocycles. The fraction of sp³-hybridized carbons (Fsp3) is 0.909. The number of hydrogen-bond donors (Lipinski definition) is 1. The standard InChI is InChI=1S/C11H21NO3/c1-5-12-11(9(13)14-4)6-7-15-10(2,3)8-11/h12H,5-8H2,1-4H3. The third kappa shape index (κ3) is 2.69. The lowest BCUT2D eigenvalue weighted by molar-refractivity contribution is -0.161. The van der Waals surface area contributed by atoms with Gasteiger partial charge in [0.2, 0.25) is 0 Å². The first-order valence-corrected chi connectivity index (χ1v) is 5.43. The van der Waals surface area contributed by atoms with Gasteiger partial charge in [-0.3, -0.25) is 4.79 Å². The van der Waals surface area contributed by atoms with Gasteiger partial charge in [-0.25, -0.2) is 0 Å². The number of carbonyl (C=O) groups is 1. The zero-order chi connectivity index (χ0) is 11.5. The molecule has 1 rings (SSSR count). The van der Waals surface area contributed by atoms with Gasteiger partial charge in [0, 0.05) is 13.0 Å². The topological polar surface area (TPSA) is 47.6 Å². The summed E-state index contributed by atoms with van der Waals surface area (Å²) >= 11 is 0. The maximum absolute atomic E-state index is 11.8. The molecular formula is C11H21NO3. The van der Waals surface area contributed by atoms with Gasteiger partial charge in [0.1, 0.15) is 5.54 Å². The summed E-state index contributed by atoms with van der Waals surface area (Å²) in [7, 11) is 1.43. The van der Waals surface area contributed by atoms with Crippen LogP contribution in [0.25, 0.3) is 0 Å². The summed E-state index contributed by atoms with van der Waals surface area (Å²) in [5, 5.41) is 3.25. The van der Waals surface area contributed by atoms with Crippen LogP contribution in [-0.4, -0.2) is 37.4 Å². The minimum absolute atomic E-state index is 0.180. The van der Waals surface area contributed by atoms with Crippen molar-refractivity contribution >= 4 is 5.97 Å². The van der Waals surface area contributed by atoms with Gasteiger partial charge in [-0.15, -0.1) is 0 Å². The monoisotopic (exact) mass is 215 g/mol. The Balaban J connectivity index is 2.85. The molecule has 1 unspecified atom stereocenters. The van der Waals surface area contributed by atoms with Crippen molar-refractivity contribution in [1.29, 1.82) is 0 Å². The summed E-state index contributed by atoms with van der Waals surface area (Å²) in [6.45, 7) is 7.34. The van der Waals surface area contributed by atoms with Gasteiger partial charge in [0.25, 0.3) is 0 Å². The quantitative estimate of drug-likeness (QED) is 0.716. The molecule has 0 spiro atoms. The number of carbonyl (C=O) groups excluding carboxylic acids is 1. The molecule has 0 aromatic rings. The van der Waals surface area contributed by atoms with Gasteiger partial charge in [-0.05, 0) is 26.8 Å². The highest BCUT2D eigenvalue weighted by molar-refractivity contribution is 5.81. The molecule has 15 heavy (non-hydrogen) atoms. The van der Waals surface area contributed by atoms with Crippen LogP contribution in [0.2, 0.25) is 0 Å². The second kappa shape index (κ2) is 4.49. The van der Waals surface area contributed by atoms with E-state index in [2.05, 4.69) is 5.32 Å². The number of nitrogens with one attached hydrogen (secondary N) is 1.